The van der Waals surface area contributed by atoms with Crippen molar-refractivity contribution < 1.29 is 6.22 Å². The third-order valence-corrected chi connectivity index (χ3v) is 7.55. The molecule has 1 atom stereocenters. The van der Waals surface area contributed by atoms with E-state index in [4.69, 9.17) is 0 Å². The number of carbonyl (C=O) groups is 1. The van der Waals surface area contributed by atoms with Crippen LogP contribution in [0.2, 0.25) is 0 Å². The summed E-state index contributed by atoms with van der Waals surface area (Å²) in [4.78, 5) is 14.5. The molecule has 0 aromatic heterocycles. The largest absolute Gasteiger partial charge is 0.349 e. The second-order valence-electron chi connectivity index (χ2n) is 8.94. The molecule has 1 amide bonds. The van der Waals surface area contributed by atoms with Gasteiger partial charge in [-0.25, -0.2) is 0 Å². The zero-order valence-electron chi connectivity index (χ0n) is 16.5. The van der Waals surface area contributed by atoms with Gasteiger partial charge in [0.1, 0.15) is 0 Å². The van der Waals surface area contributed by atoms with Crippen molar-refractivity contribution in [1.82, 2.24) is 10.2 Å². The molecule has 3 aliphatic rings. The Kier molecular flexibility index (Phi) is 5.09. The number of hydrogen-bond acceptors (Lipinski definition) is 2. The van der Waals surface area contributed by atoms with Crippen LogP contribution in [0.3, 0.4) is 0 Å². The smallest absolute Gasteiger partial charge is 0.217 e. The van der Waals surface area contributed by atoms with Crippen LogP contribution in [0.1, 0.15) is 83.8 Å². The van der Waals surface area contributed by atoms with E-state index in [-0.39, 0.29) is 18.8 Å². The third-order valence-electron chi connectivity index (χ3n) is 7.55. The lowest BCUT2D eigenvalue weighted by Crippen LogP contribution is -2.47. The van der Waals surface area contributed by atoms with E-state index < -0.39 is 0 Å². The summed E-state index contributed by atoms with van der Waals surface area (Å²) < 4.78 is 0. The molecular weight excluding hydrogens is 320 g/mol. The molecule has 0 radical (unpaired) electrons. The molecule has 1 spiro atoms. The molecule has 3 nitrogen and oxygen atoms in total. The summed E-state index contributed by atoms with van der Waals surface area (Å²) in [6.45, 7) is 6.44. The van der Waals surface area contributed by atoms with Crippen molar-refractivity contribution in [2.24, 2.45) is 5.92 Å². The van der Waals surface area contributed by atoms with Crippen molar-refractivity contribution in [3.63, 3.8) is 0 Å². The quantitative estimate of drug-likeness (QED) is 0.842. The van der Waals surface area contributed by atoms with Crippen LogP contribution in [0.25, 0.3) is 0 Å². The van der Waals surface area contributed by atoms with E-state index in [1.54, 1.807) is 6.92 Å². The molecule has 2 aliphatic carbocycles. The number of nitrogens with one attached hydrogen (secondary N) is 1. The molecule has 0 bridgehead atoms. The standard InChI is InChI=1S/C23H34N2O.H2/c1-3-18-8-10-19(11-9-18)25-14-12-23(13-15-25)16-22(24-17(2)26)20-6-4-5-7-21(20)23;/h4-7,18-19,22H,3,8-16H2,1-2H3,(H,24,26);1H/t18?,19?,22-;/m0./s1. The fraction of sp³-hybridized carbons (Fsp3) is 0.696. The van der Waals surface area contributed by atoms with Gasteiger partial charge in [-0.05, 0) is 75.1 Å². The predicted molar refractivity (Wildman–Crippen MR) is 108 cm³/mol. The number of fused-ring (bicyclic) bond motifs is 2. The van der Waals surface area contributed by atoms with Gasteiger partial charge >= 0.3 is 0 Å². The van der Waals surface area contributed by atoms with Crippen LogP contribution >= 0.6 is 0 Å². The van der Waals surface area contributed by atoms with E-state index in [0.29, 0.717) is 0 Å². The van der Waals surface area contributed by atoms with Crippen LogP contribution in [0.15, 0.2) is 24.3 Å². The summed E-state index contributed by atoms with van der Waals surface area (Å²) in [5.41, 5.74) is 3.15. The van der Waals surface area contributed by atoms with Crippen LogP contribution in [-0.2, 0) is 10.2 Å². The molecule has 1 saturated carbocycles. The van der Waals surface area contributed by atoms with Crippen molar-refractivity contribution in [3.05, 3.63) is 35.4 Å². The van der Waals surface area contributed by atoms with E-state index in [9.17, 15) is 4.79 Å². The predicted octanol–water partition coefficient (Wildman–Crippen LogP) is 4.82. The number of amides is 1. The maximum Gasteiger partial charge on any atom is 0.217 e. The molecule has 1 saturated heterocycles. The van der Waals surface area contributed by atoms with Crippen molar-refractivity contribution in [3.8, 4) is 0 Å². The van der Waals surface area contributed by atoms with Crippen LogP contribution in [0.5, 0.6) is 0 Å². The molecule has 4 rings (SSSR count). The highest BCUT2D eigenvalue weighted by Gasteiger charge is 2.46. The Morgan fingerprint density at radius 2 is 1.88 bits per heavy atom. The average molecular weight is 357 g/mol. The molecule has 1 N–H and O–H groups in total. The monoisotopic (exact) mass is 356 g/mol. The van der Waals surface area contributed by atoms with Gasteiger partial charge in [0, 0.05) is 19.8 Å². The van der Waals surface area contributed by atoms with Gasteiger partial charge in [0.05, 0.1) is 6.04 Å². The SMILES string of the molecule is CCC1CCC(N2CCC3(CC2)C[C@H](NC(C)=O)c2ccccc23)CC1.[HH]. The lowest BCUT2D eigenvalue weighted by Gasteiger charge is -2.45. The third kappa shape index (κ3) is 3.31. The Balaban J connectivity index is 0.00000210. The maximum absolute atomic E-state index is 11.7. The first-order valence-electron chi connectivity index (χ1n) is 10.7. The van der Waals surface area contributed by atoms with Crippen LogP contribution in [-0.4, -0.2) is 29.9 Å². The lowest BCUT2D eigenvalue weighted by molar-refractivity contribution is -0.119. The Morgan fingerprint density at radius 3 is 2.54 bits per heavy atom. The van der Waals surface area contributed by atoms with Crippen molar-refractivity contribution in [2.45, 2.75) is 82.7 Å². The van der Waals surface area contributed by atoms with Crippen molar-refractivity contribution in [2.75, 3.05) is 13.1 Å². The minimum absolute atomic E-state index is 0. The van der Waals surface area contributed by atoms with Gasteiger partial charge in [-0.2, -0.15) is 0 Å². The molecule has 1 aliphatic heterocycles. The summed E-state index contributed by atoms with van der Waals surface area (Å²) >= 11 is 0. The van der Waals surface area contributed by atoms with Crippen LogP contribution in [0, 0.1) is 5.92 Å². The zero-order valence-corrected chi connectivity index (χ0v) is 16.5. The van der Waals surface area contributed by atoms with E-state index in [1.165, 1.54) is 69.2 Å². The molecular formula is C23H36N2O. The fourth-order valence-electron chi connectivity index (χ4n) is 5.98. The topological polar surface area (TPSA) is 32.3 Å². The number of nitrogens with zero attached hydrogens (tertiary/aromatic N) is 1. The zero-order chi connectivity index (χ0) is 18.1. The summed E-state index contributed by atoms with van der Waals surface area (Å²) in [7, 11) is 0. The van der Waals surface area contributed by atoms with Gasteiger partial charge in [0.2, 0.25) is 5.91 Å². The molecule has 26 heavy (non-hydrogen) atoms. The second-order valence-corrected chi connectivity index (χ2v) is 8.94. The molecule has 3 heteroatoms. The van der Waals surface area contributed by atoms with E-state index >= 15 is 0 Å². The van der Waals surface area contributed by atoms with Crippen molar-refractivity contribution >= 4 is 5.91 Å². The first-order valence-corrected chi connectivity index (χ1v) is 10.7. The number of likely N-dealkylation sites (tertiary alicyclic amines) is 1. The van der Waals surface area contributed by atoms with Crippen molar-refractivity contribution in [1.29, 1.82) is 0 Å². The molecule has 1 aromatic carbocycles. The molecule has 1 heterocycles. The minimum atomic E-state index is 0. The Hall–Kier alpha value is -1.35. The van der Waals surface area contributed by atoms with Crippen LogP contribution < -0.4 is 5.32 Å². The number of carbonyl (C=O) groups excluding carboxylic acids is 1. The number of hydrogen-bond donors (Lipinski definition) is 1. The summed E-state index contributed by atoms with van der Waals surface area (Å²) in [6, 6.07) is 9.86. The minimum Gasteiger partial charge on any atom is -0.349 e. The normalized spacial score (nSPS) is 30.9. The van der Waals surface area contributed by atoms with Gasteiger partial charge in [-0.3, -0.25) is 4.79 Å². The summed E-state index contributed by atoms with van der Waals surface area (Å²) in [5, 5.41) is 3.20. The molecule has 2 fully saturated rings. The highest BCUT2D eigenvalue weighted by molar-refractivity contribution is 5.73. The molecule has 144 valence electrons. The Bertz CT molecular complexity index is 646. The van der Waals surface area contributed by atoms with E-state index in [2.05, 4.69) is 41.4 Å². The highest BCUT2D eigenvalue weighted by Crippen LogP contribution is 2.51. The molecule has 1 aromatic rings. The molecule has 0 unspecified atom stereocenters. The number of rotatable bonds is 3. The van der Waals surface area contributed by atoms with Gasteiger partial charge < -0.3 is 10.2 Å². The maximum atomic E-state index is 11.7. The Morgan fingerprint density at radius 1 is 1.19 bits per heavy atom. The number of benzene rings is 1. The van der Waals surface area contributed by atoms with Gasteiger partial charge in [0.15, 0.2) is 0 Å². The van der Waals surface area contributed by atoms with Gasteiger partial charge in [0.25, 0.3) is 0 Å². The number of piperidine rings is 1. The highest BCUT2D eigenvalue weighted by atomic mass is 16.1. The summed E-state index contributed by atoms with van der Waals surface area (Å²) in [5.74, 6) is 1.06. The second kappa shape index (κ2) is 7.34. The Labute approximate surface area is 160 Å². The first kappa shape index (κ1) is 18.0. The van der Waals surface area contributed by atoms with E-state index in [0.717, 1.165) is 18.4 Å². The average Bonchev–Trinajstić information content (AvgIpc) is 2.95. The van der Waals surface area contributed by atoms with E-state index in [1.807, 2.05) is 0 Å². The summed E-state index contributed by atoms with van der Waals surface area (Å²) in [6.07, 6.45) is 10.6. The fourth-order valence-corrected chi connectivity index (χ4v) is 5.98. The first-order chi connectivity index (χ1) is 12.6. The van der Waals surface area contributed by atoms with Gasteiger partial charge in [-0.1, -0.05) is 37.6 Å². The van der Waals surface area contributed by atoms with Gasteiger partial charge in [-0.15, -0.1) is 0 Å². The van der Waals surface area contributed by atoms with Crippen LogP contribution in [0.4, 0.5) is 0 Å². The lowest BCUT2D eigenvalue weighted by atomic mass is 9.73.